The zero-order valence-corrected chi connectivity index (χ0v) is 29.0. The molecular weight excluding hydrogens is 639 g/mol. The number of hydrogen-bond donors (Lipinski definition) is 0. The summed E-state index contributed by atoms with van der Waals surface area (Å²) >= 11 is 0. The predicted molar refractivity (Wildman–Crippen MR) is 229 cm³/mol. The topological polar surface area (TPSA) is 3.24 Å². The molecule has 11 aromatic rings. The van der Waals surface area contributed by atoms with Crippen LogP contribution in [0, 0.1) is 0 Å². The Kier molecular flexibility index (Phi) is 6.62. The number of benzene rings is 11. The monoisotopic (exact) mass is 671 g/mol. The molecule has 0 aliphatic heterocycles. The number of hydrogen-bond acceptors (Lipinski definition) is 1. The fraction of sp³-hybridized carbons (Fsp3) is 0. The molecule has 11 aromatic carbocycles. The van der Waals surface area contributed by atoms with Crippen molar-refractivity contribution < 1.29 is 0 Å². The molecule has 1 nitrogen and oxygen atoms in total. The molecule has 11 rings (SSSR count). The summed E-state index contributed by atoms with van der Waals surface area (Å²) in [6, 6.07) is 73.7. The Morgan fingerprint density at radius 2 is 0.679 bits per heavy atom. The minimum Gasteiger partial charge on any atom is -0.310 e. The Labute approximate surface area is 307 Å². The van der Waals surface area contributed by atoms with Crippen molar-refractivity contribution in [1.82, 2.24) is 0 Å². The maximum absolute atomic E-state index is 2.48. The molecule has 0 unspecified atom stereocenters. The van der Waals surface area contributed by atoms with Crippen LogP contribution < -0.4 is 4.90 Å². The van der Waals surface area contributed by atoms with Gasteiger partial charge in [0.2, 0.25) is 0 Å². The summed E-state index contributed by atoms with van der Waals surface area (Å²) in [6.07, 6.45) is 0. The third-order valence-electron chi connectivity index (χ3n) is 11.2. The molecule has 53 heavy (non-hydrogen) atoms. The minimum atomic E-state index is 1.12. The van der Waals surface area contributed by atoms with Crippen molar-refractivity contribution in [2.45, 2.75) is 0 Å². The highest BCUT2D eigenvalue weighted by atomic mass is 15.1. The van der Waals surface area contributed by atoms with Crippen LogP contribution in [-0.2, 0) is 0 Å². The standard InChI is InChI=1S/C52H33N/c1-3-18-39-35(14-1)31-50(46-25-9-5-20-41(39)46)34-16-13-17-37(30-34)53(52-32-36-15-2-4-19-40(36)42-21-11-12-27-49(42)52)38-28-29-48-45-24-7-6-22-43(45)44-23-8-10-26-47(44)51(48)33-38/h1-33H. The van der Waals surface area contributed by atoms with Crippen molar-refractivity contribution in [3.63, 3.8) is 0 Å². The molecule has 0 aliphatic rings. The Balaban J connectivity index is 1.22. The molecule has 0 heterocycles. The van der Waals surface area contributed by atoms with Crippen molar-refractivity contribution in [2.75, 3.05) is 4.90 Å². The van der Waals surface area contributed by atoms with Crippen LogP contribution in [-0.4, -0.2) is 0 Å². The normalized spacial score (nSPS) is 11.8. The van der Waals surface area contributed by atoms with Gasteiger partial charge in [-0.15, -0.1) is 0 Å². The van der Waals surface area contributed by atoms with E-state index < -0.39 is 0 Å². The van der Waals surface area contributed by atoms with E-state index in [-0.39, 0.29) is 0 Å². The second kappa shape index (κ2) is 11.8. The van der Waals surface area contributed by atoms with Crippen LogP contribution in [0.15, 0.2) is 200 Å². The van der Waals surface area contributed by atoms with E-state index in [1.165, 1.54) is 86.5 Å². The van der Waals surface area contributed by atoms with Gasteiger partial charge in [0.15, 0.2) is 0 Å². The first-order valence-electron chi connectivity index (χ1n) is 18.3. The quantitative estimate of drug-likeness (QED) is 0.168. The SMILES string of the molecule is c1cc(-c2cc3ccccc3c3ccccc23)cc(N(c2ccc3c4ccccc4c4ccccc4c3c2)c2cc3ccccc3c3ccccc23)c1. The van der Waals surface area contributed by atoms with Crippen molar-refractivity contribution in [3.05, 3.63) is 200 Å². The van der Waals surface area contributed by atoms with E-state index in [4.69, 9.17) is 0 Å². The summed E-state index contributed by atoms with van der Waals surface area (Å²) < 4.78 is 0. The smallest absolute Gasteiger partial charge is 0.0546 e. The molecule has 0 radical (unpaired) electrons. The minimum absolute atomic E-state index is 1.12. The van der Waals surface area contributed by atoms with Crippen molar-refractivity contribution in [3.8, 4) is 11.1 Å². The van der Waals surface area contributed by atoms with Gasteiger partial charge >= 0.3 is 0 Å². The first-order chi connectivity index (χ1) is 26.3. The average molecular weight is 672 g/mol. The zero-order chi connectivity index (χ0) is 34.9. The second-order valence-corrected chi connectivity index (χ2v) is 14.1. The number of rotatable bonds is 4. The highest BCUT2D eigenvalue weighted by Gasteiger charge is 2.20. The number of nitrogens with zero attached hydrogens (tertiary/aromatic N) is 1. The van der Waals surface area contributed by atoms with Crippen LogP contribution in [0.1, 0.15) is 0 Å². The molecule has 0 amide bonds. The van der Waals surface area contributed by atoms with E-state index in [0.717, 1.165) is 17.1 Å². The van der Waals surface area contributed by atoms with E-state index in [2.05, 4.69) is 205 Å². The summed E-state index contributed by atoms with van der Waals surface area (Å²) in [4.78, 5) is 2.48. The van der Waals surface area contributed by atoms with Gasteiger partial charge in [0.25, 0.3) is 0 Å². The molecule has 0 N–H and O–H groups in total. The molecular formula is C52H33N. The molecule has 0 spiro atoms. The summed E-state index contributed by atoms with van der Waals surface area (Å²) in [5, 5.41) is 17.6. The van der Waals surface area contributed by atoms with Gasteiger partial charge in [0.05, 0.1) is 5.69 Å². The number of anilines is 3. The van der Waals surface area contributed by atoms with Crippen molar-refractivity contribution >= 4 is 92.5 Å². The molecule has 0 saturated carbocycles. The molecule has 0 aromatic heterocycles. The van der Waals surface area contributed by atoms with E-state index in [1.54, 1.807) is 0 Å². The lowest BCUT2D eigenvalue weighted by atomic mass is 9.92. The Morgan fingerprint density at radius 3 is 1.30 bits per heavy atom. The van der Waals surface area contributed by atoms with E-state index in [9.17, 15) is 0 Å². The summed E-state index contributed by atoms with van der Waals surface area (Å²) in [5.41, 5.74) is 5.82. The van der Waals surface area contributed by atoms with Crippen LogP contribution in [0.3, 0.4) is 0 Å². The van der Waals surface area contributed by atoms with Crippen LogP contribution in [0.25, 0.3) is 86.5 Å². The third kappa shape index (κ3) is 4.64. The average Bonchev–Trinajstić information content (AvgIpc) is 3.24. The molecule has 246 valence electrons. The maximum atomic E-state index is 2.48. The van der Waals surface area contributed by atoms with Gasteiger partial charge in [0, 0.05) is 16.8 Å². The van der Waals surface area contributed by atoms with E-state index >= 15 is 0 Å². The first kappa shape index (κ1) is 29.7. The molecule has 0 atom stereocenters. The lowest BCUT2D eigenvalue weighted by molar-refractivity contribution is 1.31. The van der Waals surface area contributed by atoms with Crippen LogP contribution in [0.2, 0.25) is 0 Å². The lowest BCUT2D eigenvalue weighted by Crippen LogP contribution is -2.11. The molecule has 0 aliphatic carbocycles. The molecule has 0 saturated heterocycles. The maximum Gasteiger partial charge on any atom is 0.0546 e. The lowest BCUT2D eigenvalue weighted by Gasteiger charge is -2.28. The van der Waals surface area contributed by atoms with E-state index in [0.29, 0.717) is 0 Å². The van der Waals surface area contributed by atoms with Gasteiger partial charge in [-0.2, -0.15) is 0 Å². The van der Waals surface area contributed by atoms with Crippen LogP contribution in [0.5, 0.6) is 0 Å². The highest BCUT2D eigenvalue weighted by molar-refractivity contribution is 6.26. The molecule has 0 bridgehead atoms. The van der Waals surface area contributed by atoms with Gasteiger partial charge < -0.3 is 4.90 Å². The van der Waals surface area contributed by atoms with Crippen LogP contribution >= 0.6 is 0 Å². The van der Waals surface area contributed by atoms with Gasteiger partial charge in [-0.05, 0) is 118 Å². The van der Waals surface area contributed by atoms with Crippen molar-refractivity contribution in [1.29, 1.82) is 0 Å². The fourth-order valence-corrected chi connectivity index (χ4v) is 8.79. The van der Waals surface area contributed by atoms with E-state index in [1.807, 2.05) is 0 Å². The van der Waals surface area contributed by atoms with Gasteiger partial charge in [0.1, 0.15) is 0 Å². The van der Waals surface area contributed by atoms with Gasteiger partial charge in [-0.1, -0.05) is 164 Å². The summed E-state index contributed by atoms with van der Waals surface area (Å²) in [7, 11) is 0. The van der Waals surface area contributed by atoms with Gasteiger partial charge in [-0.3, -0.25) is 0 Å². The zero-order valence-electron chi connectivity index (χ0n) is 29.0. The second-order valence-electron chi connectivity index (χ2n) is 14.1. The Bertz CT molecular complexity index is 3210. The largest absolute Gasteiger partial charge is 0.310 e. The predicted octanol–water partition coefficient (Wildman–Crippen LogP) is 14.9. The third-order valence-corrected chi connectivity index (χ3v) is 11.2. The first-order valence-corrected chi connectivity index (χ1v) is 18.3. The summed E-state index contributed by atoms with van der Waals surface area (Å²) in [6.45, 7) is 0. The summed E-state index contributed by atoms with van der Waals surface area (Å²) in [5.74, 6) is 0. The Morgan fingerprint density at radius 1 is 0.245 bits per heavy atom. The van der Waals surface area contributed by atoms with Crippen molar-refractivity contribution in [2.24, 2.45) is 0 Å². The Hall–Kier alpha value is -6.96. The molecule has 1 heteroatoms. The van der Waals surface area contributed by atoms with Gasteiger partial charge in [-0.25, -0.2) is 0 Å². The molecule has 0 fully saturated rings. The number of fused-ring (bicyclic) bond motifs is 12. The fourth-order valence-electron chi connectivity index (χ4n) is 8.79. The van der Waals surface area contributed by atoms with Crippen LogP contribution in [0.4, 0.5) is 17.1 Å². The highest BCUT2D eigenvalue weighted by Crippen LogP contribution is 2.46.